The topological polar surface area (TPSA) is 34.0 Å². The Balaban J connectivity index is 2.82. The molecule has 3 nitrogen and oxygen atoms in total. The molecule has 0 bridgehead atoms. The summed E-state index contributed by atoms with van der Waals surface area (Å²) in [5.41, 5.74) is 0.553. The second-order valence-electron chi connectivity index (χ2n) is 3.12. The first-order valence-electron chi connectivity index (χ1n) is 4.76. The standard InChI is InChI=1S/C11H13ClN2O/c1-3-5-13-11(15)10-7-9(12)8-14(10)6-4-2/h1,7-8H,4-6H2,2H3,(H,13,15). The number of hydrogen-bond donors (Lipinski definition) is 1. The van der Waals surface area contributed by atoms with Gasteiger partial charge < -0.3 is 9.88 Å². The van der Waals surface area contributed by atoms with Crippen LogP contribution in [0, 0.1) is 12.3 Å². The fourth-order valence-electron chi connectivity index (χ4n) is 1.31. The molecular weight excluding hydrogens is 212 g/mol. The molecule has 0 radical (unpaired) electrons. The van der Waals surface area contributed by atoms with Crippen molar-refractivity contribution in [1.82, 2.24) is 9.88 Å². The van der Waals surface area contributed by atoms with E-state index in [1.165, 1.54) is 0 Å². The Morgan fingerprint density at radius 2 is 2.47 bits per heavy atom. The summed E-state index contributed by atoms with van der Waals surface area (Å²) in [6, 6.07) is 1.64. The van der Waals surface area contributed by atoms with E-state index in [-0.39, 0.29) is 12.5 Å². The number of nitrogens with one attached hydrogen (secondary N) is 1. The minimum absolute atomic E-state index is 0.187. The number of terminal acetylenes is 1. The van der Waals surface area contributed by atoms with Crippen molar-refractivity contribution in [2.24, 2.45) is 0 Å². The highest BCUT2D eigenvalue weighted by Gasteiger charge is 2.11. The number of carbonyl (C=O) groups excluding carboxylic acids is 1. The first-order valence-corrected chi connectivity index (χ1v) is 5.14. The van der Waals surface area contributed by atoms with Gasteiger partial charge in [0.1, 0.15) is 5.69 Å². The average molecular weight is 225 g/mol. The summed E-state index contributed by atoms with van der Waals surface area (Å²) in [5, 5.41) is 3.17. The van der Waals surface area contributed by atoms with E-state index in [1.54, 1.807) is 12.3 Å². The summed E-state index contributed by atoms with van der Waals surface area (Å²) in [6.45, 7) is 3.04. The fourth-order valence-corrected chi connectivity index (χ4v) is 1.53. The van der Waals surface area contributed by atoms with Crippen molar-refractivity contribution in [3.05, 3.63) is 23.0 Å². The van der Waals surface area contributed by atoms with Crippen LogP contribution in [0.1, 0.15) is 23.8 Å². The molecule has 0 atom stereocenters. The van der Waals surface area contributed by atoms with Crippen molar-refractivity contribution < 1.29 is 4.79 Å². The number of rotatable bonds is 4. The van der Waals surface area contributed by atoms with Gasteiger partial charge in [-0.25, -0.2) is 0 Å². The highest BCUT2D eigenvalue weighted by atomic mass is 35.5. The Kier molecular flexibility index (Phi) is 4.26. The molecule has 15 heavy (non-hydrogen) atoms. The Hall–Kier alpha value is -1.40. The van der Waals surface area contributed by atoms with E-state index in [9.17, 15) is 4.79 Å². The van der Waals surface area contributed by atoms with E-state index in [1.807, 2.05) is 11.5 Å². The van der Waals surface area contributed by atoms with Crippen LogP contribution in [-0.2, 0) is 6.54 Å². The third kappa shape index (κ3) is 3.03. The smallest absolute Gasteiger partial charge is 0.268 e. The zero-order chi connectivity index (χ0) is 11.3. The van der Waals surface area contributed by atoms with Crippen molar-refractivity contribution in [1.29, 1.82) is 0 Å². The van der Waals surface area contributed by atoms with Crippen LogP contribution in [-0.4, -0.2) is 17.0 Å². The van der Waals surface area contributed by atoms with E-state index < -0.39 is 0 Å². The lowest BCUT2D eigenvalue weighted by Crippen LogP contribution is -2.26. The third-order valence-electron chi connectivity index (χ3n) is 1.91. The van der Waals surface area contributed by atoms with Crippen LogP contribution >= 0.6 is 11.6 Å². The molecule has 4 heteroatoms. The number of amides is 1. The molecule has 0 aliphatic heterocycles. The van der Waals surface area contributed by atoms with Gasteiger partial charge in [-0.2, -0.15) is 0 Å². The lowest BCUT2D eigenvalue weighted by atomic mass is 10.3. The molecular formula is C11H13ClN2O. The number of nitrogens with zero attached hydrogens (tertiary/aromatic N) is 1. The monoisotopic (exact) mass is 224 g/mol. The highest BCUT2D eigenvalue weighted by Crippen LogP contribution is 2.14. The minimum atomic E-state index is -0.187. The van der Waals surface area contributed by atoms with E-state index in [2.05, 4.69) is 11.2 Å². The van der Waals surface area contributed by atoms with Gasteiger partial charge in [0.05, 0.1) is 11.6 Å². The average Bonchev–Trinajstić information content (AvgIpc) is 2.57. The molecule has 0 saturated heterocycles. The maximum Gasteiger partial charge on any atom is 0.268 e. The Morgan fingerprint density at radius 1 is 1.73 bits per heavy atom. The summed E-state index contributed by atoms with van der Waals surface area (Å²) < 4.78 is 1.83. The molecule has 0 saturated carbocycles. The lowest BCUT2D eigenvalue weighted by molar-refractivity contribution is 0.0949. The normalized spacial score (nSPS) is 9.67. The van der Waals surface area contributed by atoms with E-state index in [0.29, 0.717) is 10.7 Å². The van der Waals surface area contributed by atoms with E-state index in [4.69, 9.17) is 18.0 Å². The molecule has 0 unspecified atom stereocenters. The summed E-state index contributed by atoms with van der Waals surface area (Å²) in [4.78, 5) is 11.6. The molecule has 0 aromatic carbocycles. The second kappa shape index (κ2) is 5.47. The molecule has 1 N–H and O–H groups in total. The van der Waals surface area contributed by atoms with Crippen molar-refractivity contribution in [3.8, 4) is 12.3 Å². The van der Waals surface area contributed by atoms with Crippen molar-refractivity contribution >= 4 is 17.5 Å². The van der Waals surface area contributed by atoms with Crippen molar-refractivity contribution in [3.63, 3.8) is 0 Å². The van der Waals surface area contributed by atoms with Crippen LogP contribution in [0.4, 0.5) is 0 Å². The van der Waals surface area contributed by atoms with Gasteiger partial charge in [0.2, 0.25) is 0 Å². The maximum absolute atomic E-state index is 11.6. The summed E-state index contributed by atoms with van der Waals surface area (Å²) in [5.74, 6) is 2.17. The predicted octanol–water partition coefficient (Wildman–Crippen LogP) is 1.91. The van der Waals surface area contributed by atoms with Gasteiger partial charge in [0, 0.05) is 12.7 Å². The van der Waals surface area contributed by atoms with Crippen LogP contribution in [0.3, 0.4) is 0 Å². The molecule has 1 aromatic rings. The van der Waals surface area contributed by atoms with Gasteiger partial charge in [0.15, 0.2) is 0 Å². The molecule has 0 aliphatic rings. The summed E-state index contributed by atoms with van der Waals surface area (Å²) in [6.07, 6.45) is 7.75. The highest BCUT2D eigenvalue weighted by molar-refractivity contribution is 6.31. The number of hydrogen-bond acceptors (Lipinski definition) is 1. The molecule has 1 amide bonds. The Bertz CT molecular complexity index is 390. The first kappa shape index (κ1) is 11.7. The Labute approximate surface area is 94.4 Å². The molecule has 0 fully saturated rings. The molecule has 80 valence electrons. The quantitative estimate of drug-likeness (QED) is 0.779. The Morgan fingerprint density at radius 3 is 3.07 bits per heavy atom. The van der Waals surface area contributed by atoms with E-state index in [0.717, 1.165) is 13.0 Å². The number of carbonyl (C=O) groups is 1. The zero-order valence-corrected chi connectivity index (χ0v) is 9.34. The molecule has 1 aromatic heterocycles. The van der Waals surface area contributed by atoms with Crippen LogP contribution in [0.15, 0.2) is 12.3 Å². The molecule has 0 spiro atoms. The van der Waals surface area contributed by atoms with E-state index >= 15 is 0 Å². The van der Waals surface area contributed by atoms with Crippen LogP contribution < -0.4 is 5.32 Å². The zero-order valence-electron chi connectivity index (χ0n) is 8.59. The first-order chi connectivity index (χ1) is 7.19. The predicted molar refractivity (Wildman–Crippen MR) is 60.9 cm³/mol. The molecule has 1 rings (SSSR count). The number of aryl methyl sites for hydroxylation is 1. The van der Waals surface area contributed by atoms with Gasteiger partial charge in [-0.1, -0.05) is 24.4 Å². The van der Waals surface area contributed by atoms with Crippen LogP contribution in [0.25, 0.3) is 0 Å². The van der Waals surface area contributed by atoms with Gasteiger partial charge in [-0.15, -0.1) is 6.42 Å². The number of halogens is 1. The van der Waals surface area contributed by atoms with Crippen molar-refractivity contribution in [2.45, 2.75) is 19.9 Å². The van der Waals surface area contributed by atoms with Gasteiger partial charge in [-0.05, 0) is 12.5 Å². The largest absolute Gasteiger partial charge is 0.342 e. The summed E-state index contributed by atoms with van der Waals surface area (Å²) >= 11 is 5.84. The van der Waals surface area contributed by atoms with Crippen LogP contribution in [0.2, 0.25) is 5.02 Å². The van der Waals surface area contributed by atoms with Gasteiger partial charge >= 0.3 is 0 Å². The molecule has 1 heterocycles. The SMILES string of the molecule is C#CCNC(=O)c1cc(Cl)cn1CCC. The number of aromatic nitrogens is 1. The van der Waals surface area contributed by atoms with Gasteiger partial charge in [0.25, 0.3) is 5.91 Å². The lowest BCUT2D eigenvalue weighted by Gasteiger charge is -2.06. The maximum atomic E-state index is 11.6. The molecule has 0 aliphatic carbocycles. The second-order valence-corrected chi connectivity index (χ2v) is 3.56. The van der Waals surface area contributed by atoms with Gasteiger partial charge in [-0.3, -0.25) is 4.79 Å². The fraction of sp³-hybridized carbons (Fsp3) is 0.364. The summed E-state index contributed by atoms with van der Waals surface area (Å²) in [7, 11) is 0. The van der Waals surface area contributed by atoms with Crippen LogP contribution in [0.5, 0.6) is 0 Å². The third-order valence-corrected chi connectivity index (χ3v) is 2.12. The van der Waals surface area contributed by atoms with Crippen molar-refractivity contribution in [2.75, 3.05) is 6.54 Å². The minimum Gasteiger partial charge on any atom is -0.342 e.